The molecule has 0 spiro atoms. The number of halogens is 1. The van der Waals surface area contributed by atoms with Gasteiger partial charge in [-0.3, -0.25) is 23.7 Å². The lowest BCUT2D eigenvalue weighted by Crippen LogP contribution is -2.29. The quantitative estimate of drug-likeness (QED) is 0.184. The van der Waals surface area contributed by atoms with Gasteiger partial charge in [0, 0.05) is 30.5 Å². The van der Waals surface area contributed by atoms with Gasteiger partial charge in [0.2, 0.25) is 5.91 Å². The van der Waals surface area contributed by atoms with Crippen molar-refractivity contribution in [3.63, 3.8) is 0 Å². The fourth-order valence-electron chi connectivity index (χ4n) is 4.24. The van der Waals surface area contributed by atoms with Crippen LogP contribution in [-0.4, -0.2) is 50.6 Å². The van der Waals surface area contributed by atoms with E-state index in [0.29, 0.717) is 51.3 Å². The summed E-state index contributed by atoms with van der Waals surface area (Å²) in [5, 5.41) is 12.3. The van der Waals surface area contributed by atoms with Gasteiger partial charge >= 0.3 is 0 Å². The maximum atomic E-state index is 13.2. The van der Waals surface area contributed by atoms with Crippen LogP contribution in [0.15, 0.2) is 78.0 Å². The minimum Gasteiger partial charge on any atom is -0.356 e. The molecule has 0 bridgehead atoms. The van der Waals surface area contributed by atoms with E-state index in [0.717, 1.165) is 10.6 Å². The number of Topliss-reactive ketones (excluding diaryl/α,β-unsaturated/α-hetero) is 1. The van der Waals surface area contributed by atoms with Crippen molar-refractivity contribution < 1.29 is 19.2 Å². The highest BCUT2D eigenvalue weighted by Crippen LogP contribution is 2.30. The molecule has 0 fully saturated rings. The van der Waals surface area contributed by atoms with E-state index in [2.05, 4.69) is 15.5 Å². The van der Waals surface area contributed by atoms with Gasteiger partial charge in [0.1, 0.15) is 5.82 Å². The zero-order valence-electron chi connectivity index (χ0n) is 20.8. The molecule has 0 unspecified atom stereocenters. The summed E-state index contributed by atoms with van der Waals surface area (Å²) in [6, 6.07) is 20.3. The molecule has 0 atom stereocenters. The van der Waals surface area contributed by atoms with Crippen molar-refractivity contribution in [3.8, 4) is 5.69 Å². The Labute approximate surface area is 233 Å². The smallest absolute Gasteiger partial charge is 0.266 e. The van der Waals surface area contributed by atoms with Crippen molar-refractivity contribution in [2.75, 3.05) is 17.2 Å². The summed E-state index contributed by atoms with van der Waals surface area (Å²) in [5.74, 6) is -0.553. The second kappa shape index (κ2) is 11.2. The molecule has 9 nitrogen and oxygen atoms in total. The first kappa shape index (κ1) is 26.3. The lowest BCUT2D eigenvalue weighted by Gasteiger charge is -2.15. The number of imide groups is 1. The average Bonchev–Trinajstić information content (AvgIpc) is 3.45. The van der Waals surface area contributed by atoms with E-state index in [1.807, 2.05) is 6.07 Å². The van der Waals surface area contributed by atoms with Crippen LogP contribution in [0.1, 0.15) is 43.8 Å². The predicted octanol–water partition coefficient (Wildman–Crippen LogP) is 4.37. The number of carbonyl (C=O) groups excluding carboxylic acids is 4. The van der Waals surface area contributed by atoms with Crippen LogP contribution >= 0.6 is 23.4 Å². The number of fused-ring (bicyclic) bond motifs is 1. The maximum absolute atomic E-state index is 13.2. The van der Waals surface area contributed by atoms with Crippen LogP contribution in [0.5, 0.6) is 0 Å². The first-order chi connectivity index (χ1) is 18.8. The Morgan fingerprint density at radius 3 is 2.28 bits per heavy atom. The Hall–Kier alpha value is -4.28. The minimum absolute atomic E-state index is 0.0377. The molecule has 196 valence electrons. The third kappa shape index (κ3) is 5.47. The second-order valence-electron chi connectivity index (χ2n) is 8.70. The van der Waals surface area contributed by atoms with Gasteiger partial charge in [0.05, 0.1) is 28.3 Å². The van der Waals surface area contributed by atoms with Crippen LogP contribution in [0, 0.1) is 0 Å². The van der Waals surface area contributed by atoms with E-state index in [9.17, 15) is 19.2 Å². The number of aromatic nitrogens is 3. The predicted molar refractivity (Wildman–Crippen MR) is 148 cm³/mol. The van der Waals surface area contributed by atoms with Gasteiger partial charge in [-0.1, -0.05) is 53.7 Å². The number of hydrogen-bond donors (Lipinski definition) is 1. The number of benzene rings is 3. The lowest BCUT2D eigenvalue weighted by atomic mass is 10.1. The summed E-state index contributed by atoms with van der Waals surface area (Å²) < 4.78 is 1.81. The molecular formula is C28H22ClN5O4S. The van der Waals surface area contributed by atoms with Crippen LogP contribution in [-0.2, 0) is 11.2 Å². The number of anilines is 1. The summed E-state index contributed by atoms with van der Waals surface area (Å²) in [6.45, 7) is 1.82. The van der Waals surface area contributed by atoms with Crippen LogP contribution in [0.3, 0.4) is 0 Å². The standard InChI is InChI=1S/C28H22ClN5O4S/c1-17(35)30-13-12-25-31-32-28(33(25)21-9-5-7-19(29)15-21)39-16-24(36)18-6-4-8-20(14-18)34-26(37)22-10-2-3-11-23(22)27(34)38/h2-11,14-15H,12-13,16H2,1H3,(H,30,35). The molecule has 0 aliphatic carbocycles. The average molecular weight is 560 g/mol. The zero-order chi connectivity index (χ0) is 27.5. The van der Waals surface area contributed by atoms with Crippen LogP contribution in [0.4, 0.5) is 5.69 Å². The minimum atomic E-state index is -0.420. The summed E-state index contributed by atoms with van der Waals surface area (Å²) in [6.07, 6.45) is 0.427. The Bertz CT molecular complexity index is 1580. The summed E-state index contributed by atoms with van der Waals surface area (Å²) in [4.78, 5) is 51.3. The number of rotatable bonds is 9. The molecule has 4 aromatic rings. The monoisotopic (exact) mass is 559 g/mol. The first-order valence-electron chi connectivity index (χ1n) is 12.0. The molecule has 0 saturated carbocycles. The molecule has 39 heavy (non-hydrogen) atoms. The normalized spacial score (nSPS) is 12.5. The fourth-order valence-corrected chi connectivity index (χ4v) is 5.29. The van der Waals surface area contributed by atoms with Gasteiger partial charge in [-0.2, -0.15) is 0 Å². The van der Waals surface area contributed by atoms with Crippen molar-refractivity contribution in [3.05, 3.63) is 100 Å². The lowest BCUT2D eigenvalue weighted by molar-refractivity contribution is -0.118. The summed E-state index contributed by atoms with van der Waals surface area (Å²) >= 11 is 7.42. The number of hydrogen-bond acceptors (Lipinski definition) is 7. The Morgan fingerprint density at radius 2 is 1.59 bits per heavy atom. The van der Waals surface area contributed by atoms with E-state index >= 15 is 0 Å². The Morgan fingerprint density at radius 1 is 0.897 bits per heavy atom. The summed E-state index contributed by atoms with van der Waals surface area (Å²) in [5.41, 5.74) is 2.09. The van der Waals surface area contributed by atoms with Gasteiger partial charge in [0.15, 0.2) is 10.9 Å². The van der Waals surface area contributed by atoms with Gasteiger partial charge in [-0.25, -0.2) is 4.90 Å². The van der Waals surface area contributed by atoms with E-state index in [4.69, 9.17) is 11.6 Å². The molecule has 5 rings (SSSR count). The molecule has 11 heteroatoms. The van der Waals surface area contributed by atoms with E-state index in [1.54, 1.807) is 71.3 Å². The zero-order valence-corrected chi connectivity index (χ0v) is 22.3. The van der Waals surface area contributed by atoms with Gasteiger partial charge in [-0.05, 0) is 42.5 Å². The molecule has 2 heterocycles. The molecule has 3 amide bonds. The van der Waals surface area contributed by atoms with Crippen molar-refractivity contribution >= 4 is 52.6 Å². The number of thioether (sulfide) groups is 1. The molecule has 1 aromatic heterocycles. The molecule has 3 aromatic carbocycles. The Kier molecular flexibility index (Phi) is 7.58. The number of nitrogens with one attached hydrogen (secondary N) is 1. The molecule has 0 radical (unpaired) electrons. The number of ketones is 1. The second-order valence-corrected chi connectivity index (χ2v) is 10.1. The molecular weight excluding hydrogens is 538 g/mol. The van der Waals surface area contributed by atoms with Crippen LogP contribution in [0.2, 0.25) is 5.02 Å². The number of amides is 3. The van der Waals surface area contributed by atoms with E-state index in [1.165, 1.54) is 18.7 Å². The fraction of sp³-hybridized carbons (Fsp3) is 0.143. The summed E-state index contributed by atoms with van der Waals surface area (Å²) in [7, 11) is 0. The van der Waals surface area contributed by atoms with E-state index < -0.39 is 11.8 Å². The van der Waals surface area contributed by atoms with E-state index in [-0.39, 0.29) is 17.4 Å². The first-order valence-corrected chi connectivity index (χ1v) is 13.4. The number of nitrogens with zero attached hydrogens (tertiary/aromatic N) is 4. The highest BCUT2D eigenvalue weighted by Gasteiger charge is 2.36. The molecule has 1 aliphatic rings. The highest BCUT2D eigenvalue weighted by atomic mass is 35.5. The van der Waals surface area contributed by atoms with Crippen LogP contribution in [0.25, 0.3) is 5.69 Å². The SMILES string of the molecule is CC(=O)NCCc1nnc(SCC(=O)c2cccc(N3C(=O)c4ccccc4C3=O)c2)n1-c1cccc(Cl)c1. The van der Waals surface area contributed by atoms with Crippen molar-refractivity contribution in [1.29, 1.82) is 0 Å². The topological polar surface area (TPSA) is 114 Å². The molecule has 0 saturated heterocycles. The van der Waals surface area contributed by atoms with Gasteiger partial charge in [0.25, 0.3) is 11.8 Å². The Balaban J connectivity index is 1.35. The number of carbonyl (C=O) groups is 4. The highest BCUT2D eigenvalue weighted by molar-refractivity contribution is 7.99. The van der Waals surface area contributed by atoms with Crippen molar-refractivity contribution in [2.45, 2.75) is 18.5 Å². The van der Waals surface area contributed by atoms with Crippen molar-refractivity contribution in [1.82, 2.24) is 20.1 Å². The van der Waals surface area contributed by atoms with Crippen molar-refractivity contribution in [2.24, 2.45) is 0 Å². The third-order valence-corrected chi connectivity index (χ3v) is 7.21. The largest absolute Gasteiger partial charge is 0.356 e. The third-order valence-electron chi connectivity index (χ3n) is 6.04. The van der Waals surface area contributed by atoms with Crippen LogP contribution < -0.4 is 10.2 Å². The van der Waals surface area contributed by atoms with Gasteiger partial charge in [-0.15, -0.1) is 10.2 Å². The molecule has 1 aliphatic heterocycles. The maximum Gasteiger partial charge on any atom is 0.266 e. The van der Waals surface area contributed by atoms with Gasteiger partial charge < -0.3 is 5.32 Å². The molecule has 1 N–H and O–H groups in total.